The second kappa shape index (κ2) is 11.7. The molecule has 1 saturated carbocycles. The highest BCUT2D eigenvalue weighted by Crippen LogP contribution is 2.46. The van der Waals surface area contributed by atoms with Gasteiger partial charge in [0.15, 0.2) is 0 Å². The molecule has 6 rings (SSSR count). The molecule has 0 spiro atoms. The van der Waals surface area contributed by atoms with E-state index in [4.69, 9.17) is 18.9 Å². The summed E-state index contributed by atoms with van der Waals surface area (Å²) in [5, 5.41) is 0. The molecule has 0 aromatic heterocycles. The maximum atomic E-state index is 12.1. The van der Waals surface area contributed by atoms with Gasteiger partial charge in [0.2, 0.25) is 10.0 Å². The van der Waals surface area contributed by atoms with Crippen molar-refractivity contribution in [2.24, 2.45) is 0 Å². The van der Waals surface area contributed by atoms with Gasteiger partial charge >= 0.3 is 5.97 Å². The van der Waals surface area contributed by atoms with Gasteiger partial charge in [0, 0.05) is 30.6 Å². The number of sulfonamides is 1. The third-order valence-electron chi connectivity index (χ3n) is 8.00. The molecule has 8 nitrogen and oxygen atoms in total. The lowest BCUT2D eigenvalue weighted by molar-refractivity contribution is -0.141. The van der Waals surface area contributed by atoms with Gasteiger partial charge in [-0.15, -0.1) is 0 Å². The molecule has 1 aliphatic carbocycles. The topological polar surface area (TPSA) is 91.4 Å². The smallest absolute Gasteiger partial charge is 0.306 e. The first-order valence-electron chi connectivity index (χ1n) is 14.2. The Bertz CT molecular complexity index is 1530. The summed E-state index contributed by atoms with van der Waals surface area (Å²) >= 11 is 0. The van der Waals surface area contributed by atoms with Crippen LogP contribution in [0.5, 0.6) is 17.2 Å². The summed E-state index contributed by atoms with van der Waals surface area (Å²) < 4.78 is 48.3. The number of hydrogen-bond acceptors (Lipinski definition) is 7. The second-order valence-corrected chi connectivity index (χ2v) is 13.0. The molecule has 41 heavy (non-hydrogen) atoms. The molecule has 0 radical (unpaired) electrons. The predicted molar refractivity (Wildman–Crippen MR) is 155 cm³/mol. The van der Waals surface area contributed by atoms with Gasteiger partial charge in [0.05, 0.1) is 25.9 Å². The summed E-state index contributed by atoms with van der Waals surface area (Å²) in [5.41, 5.74) is 5.65. The average molecular weight is 578 g/mol. The second-order valence-electron chi connectivity index (χ2n) is 10.9. The third-order valence-corrected chi connectivity index (χ3v) is 9.96. The van der Waals surface area contributed by atoms with E-state index >= 15 is 0 Å². The molecule has 216 valence electrons. The number of hydrogen-bond donors (Lipinski definition) is 0. The van der Waals surface area contributed by atoms with Crippen molar-refractivity contribution in [2.75, 3.05) is 39.2 Å². The lowest BCUT2D eigenvalue weighted by Gasteiger charge is -2.16. The van der Waals surface area contributed by atoms with E-state index < -0.39 is 10.0 Å². The van der Waals surface area contributed by atoms with Gasteiger partial charge in [-0.3, -0.25) is 4.79 Å². The Labute approximate surface area is 241 Å². The van der Waals surface area contributed by atoms with Crippen molar-refractivity contribution in [3.8, 4) is 28.4 Å². The van der Waals surface area contributed by atoms with Gasteiger partial charge < -0.3 is 18.9 Å². The van der Waals surface area contributed by atoms with Crippen LogP contribution < -0.4 is 14.2 Å². The largest absolute Gasteiger partial charge is 0.492 e. The summed E-state index contributed by atoms with van der Waals surface area (Å²) in [6.45, 7) is 2.18. The summed E-state index contributed by atoms with van der Waals surface area (Å²) in [7, 11) is -1.71. The lowest BCUT2D eigenvalue weighted by atomic mass is 9.95. The van der Waals surface area contributed by atoms with Crippen LogP contribution in [-0.2, 0) is 26.2 Å². The Balaban J connectivity index is 1.11. The van der Waals surface area contributed by atoms with Crippen LogP contribution in [-0.4, -0.2) is 57.9 Å². The highest BCUT2D eigenvalue weighted by Gasteiger charge is 2.29. The van der Waals surface area contributed by atoms with Crippen molar-refractivity contribution < 1.29 is 32.2 Å². The highest BCUT2D eigenvalue weighted by atomic mass is 32.2. The zero-order valence-corrected chi connectivity index (χ0v) is 24.0. The Morgan fingerprint density at radius 1 is 1.00 bits per heavy atom. The number of rotatable bonds is 11. The maximum Gasteiger partial charge on any atom is 0.306 e. The lowest BCUT2D eigenvalue weighted by Crippen LogP contribution is -2.30. The highest BCUT2D eigenvalue weighted by molar-refractivity contribution is 7.89. The number of carbonyl (C=O) groups excluding carboxylic acids is 1. The minimum Gasteiger partial charge on any atom is -0.492 e. The summed E-state index contributed by atoms with van der Waals surface area (Å²) in [6.07, 6.45) is 3.31. The number of methoxy groups -OCH3 is 1. The first kappa shape index (κ1) is 27.6. The normalized spacial score (nSPS) is 19.4. The molecule has 2 fully saturated rings. The minimum atomic E-state index is -3.11. The molecule has 0 amide bonds. The molecule has 3 aliphatic rings. The molecular weight excluding hydrogens is 542 g/mol. The Hall–Kier alpha value is -3.56. The molecule has 2 aliphatic heterocycles. The fourth-order valence-electron chi connectivity index (χ4n) is 5.63. The summed E-state index contributed by atoms with van der Waals surface area (Å²) in [4.78, 5) is 11.7. The number of esters is 1. The number of nitrogens with zero attached hydrogens (tertiary/aromatic N) is 1. The van der Waals surface area contributed by atoms with Crippen LogP contribution in [0.15, 0.2) is 60.7 Å². The Morgan fingerprint density at radius 3 is 2.61 bits per heavy atom. The average Bonchev–Trinajstić information content (AvgIpc) is 3.68. The van der Waals surface area contributed by atoms with Crippen molar-refractivity contribution >= 4 is 16.0 Å². The van der Waals surface area contributed by atoms with E-state index in [1.807, 2.05) is 24.3 Å². The van der Waals surface area contributed by atoms with E-state index in [0.717, 1.165) is 46.8 Å². The van der Waals surface area contributed by atoms with Gasteiger partial charge in [-0.05, 0) is 71.7 Å². The van der Waals surface area contributed by atoms with Crippen LogP contribution in [0.25, 0.3) is 11.1 Å². The van der Waals surface area contributed by atoms with E-state index in [2.05, 4.69) is 36.4 Å². The van der Waals surface area contributed by atoms with E-state index in [1.54, 1.807) is 0 Å². The van der Waals surface area contributed by atoms with E-state index in [-0.39, 0.29) is 17.6 Å². The SMILES string of the molecule is COC(=O)C[C@@H]1COc2cc(OCc3cccc(-c4ccc(OCCN5CCCS5(=O)=O)cc4C4CC4)c3)ccc21. The van der Waals surface area contributed by atoms with E-state index in [1.165, 1.54) is 22.5 Å². The fourth-order valence-corrected chi connectivity index (χ4v) is 7.14. The Kier molecular flexibility index (Phi) is 7.90. The van der Waals surface area contributed by atoms with Gasteiger partial charge in [-0.2, -0.15) is 4.31 Å². The van der Waals surface area contributed by atoms with Crippen LogP contribution in [0, 0.1) is 0 Å². The zero-order valence-electron chi connectivity index (χ0n) is 23.2. The van der Waals surface area contributed by atoms with Crippen LogP contribution >= 0.6 is 0 Å². The summed E-state index contributed by atoms with van der Waals surface area (Å²) in [6, 6.07) is 20.4. The quantitative estimate of drug-likeness (QED) is 0.287. The number of benzene rings is 3. The molecule has 0 N–H and O–H groups in total. The van der Waals surface area contributed by atoms with Crippen molar-refractivity contribution in [1.82, 2.24) is 4.31 Å². The van der Waals surface area contributed by atoms with Crippen LogP contribution in [0.2, 0.25) is 0 Å². The Morgan fingerprint density at radius 2 is 1.83 bits per heavy atom. The van der Waals surface area contributed by atoms with Crippen LogP contribution in [0.4, 0.5) is 0 Å². The van der Waals surface area contributed by atoms with E-state index in [0.29, 0.717) is 51.7 Å². The van der Waals surface area contributed by atoms with Gasteiger partial charge in [0.25, 0.3) is 0 Å². The summed E-state index contributed by atoms with van der Waals surface area (Å²) in [5.74, 6) is 2.76. The van der Waals surface area contributed by atoms with E-state index in [9.17, 15) is 13.2 Å². The first-order valence-corrected chi connectivity index (χ1v) is 15.8. The number of ether oxygens (including phenoxy) is 4. The van der Waals surface area contributed by atoms with Crippen LogP contribution in [0.3, 0.4) is 0 Å². The minimum absolute atomic E-state index is 0.00172. The third kappa shape index (κ3) is 6.36. The molecule has 0 bridgehead atoms. The van der Waals surface area contributed by atoms with Gasteiger partial charge in [-0.25, -0.2) is 8.42 Å². The van der Waals surface area contributed by atoms with Crippen molar-refractivity contribution in [1.29, 1.82) is 0 Å². The molecule has 0 unspecified atom stereocenters. The fraction of sp³-hybridized carbons (Fsp3) is 0.406. The predicted octanol–water partition coefficient (Wildman–Crippen LogP) is 5.26. The van der Waals surface area contributed by atoms with Gasteiger partial charge in [0.1, 0.15) is 30.5 Å². The molecule has 9 heteroatoms. The molecule has 2 heterocycles. The van der Waals surface area contributed by atoms with Crippen molar-refractivity contribution in [3.05, 3.63) is 77.4 Å². The molecule has 3 aromatic carbocycles. The standard InChI is InChI=1S/C32H35NO7S/c1-37-32(34)17-25-21-40-31-19-27(9-11-29(25)31)39-20-22-4-2-5-24(16-22)28-10-8-26(18-30(28)23-6-7-23)38-14-13-33-12-3-15-41(33,35)36/h2,4-5,8-11,16,18-19,23,25H,3,6-7,12-15,17,20-21H2,1H3/t25-/m1/s1. The number of carbonyl (C=O) groups is 1. The molecule has 1 atom stereocenters. The molecule has 1 saturated heterocycles. The maximum absolute atomic E-state index is 12.1. The zero-order chi connectivity index (χ0) is 28.4. The first-order chi connectivity index (χ1) is 19.9. The van der Waals surface area contributed by atoms with Gasteiger partial charge in [-0.1, -0.05) is 30.3 Å². The molecule has 3 aromatic rings. The van der Waals surface area contributed by atoms with Crippen LogP contribution in [0.1, 0.15) is 54.2 Å². The molecular formula is C32H35NO7S. The monoisotopic (exact) mass is 577 g/mol. The number of fused-ring (bicyclic) bond motifs is 1. The van der Waals surface area contributed by atoms with Crippen molar-refractivity contribution in [3.63, 3.8) is 0 Å². The van der Waals surface area contributed by atoms with Crippen molar-refractivity contribution in [2.45, 2.75) is 44.1 Å².